The van der Waals surface area contributed by atoms with Crippen molar-refractivity contribution in [3.63, 3.8) is 0 Å². The highest BCUT2D eigenvalue weighted by molar-refractivity contribution is 6.15. The first-order valence-corrected chi connectivity index (χ1v) is 6.59. The molecular formula is C17H14N2O3. The van der Waals surface area contributed by atoms with E-state index in [4.69, 9.17) is 10.00 Å². The smallest absolute Gasteiger partial charge is 0.249 e. The monoisotopic (exact) mass is 294 g/mol. The first-order valence-electron chi connectivity index (χ1n) is 6.59. The minimum atomic E-state index is -1.41. The molecule has 2 aromatic rings. The van der Waals surface area contributed by atoms with E-state index in [0.717, 1.165) is 0 Å². The summed E-state index contributed by atoms with van der Waals surface area (Å²) in [7, 11) is 1.48. The van der Waals surface area contributed by atoms with Gasteiger partial charge >= 0.3 is 0 Å². The topological polar surface area (TPSA) is 79.2 Å². The standard InChI is InChI=1S/C17H14N2O3/c1-22-14-9-5-6-12(10-14)16(20)15(11-18)17(21)19-13-7-3-2-4-8-13/h2-10,15H,1H3,(H,19,21)/t15-/m0/s1. The maximum absolute atomic E-state index is 12.3. The number of anilines is 1. The van der Waals surface area contributed by atoms with Gasteiger partial charge < -0.3 is 10.1 Å². The van der Waals surface area contributed by atoms with E-state index in [1.165, 1.54) is 13.2 Å². The number of Topliss-reactive ketones (excluding diaryl/α,β-unsaturated/α-hetero) is 1. The third kappa shape index (κ3) is 3.49. The van der Waals surface area contributed by atoms with Crippen molar-refractivity contribution in [3.8, 4) is 11.8 Å². The van der Waals surface area contributed by atoms with Crippen LogP contribution in [-0.2, 0) is 4.79 Å². The number of carbonyl (C=O) groups is 2. The van der Waals surface area contributed by atoms with Crippen molar-refractivity contribution >= 4 is 17.4 Å². The summed E-state index contributed by atoms with van der Waals surface area (Å²) >= 11 is 0. The lowest BCUT2D eigenvalue weighted by atomic mass is 9.98. The van der Waals surface area contributed by atoms with E-state index in [2.05, 4.69) is 5.32 Å². The van der Waals surface area contributed by atoms with E-state index in [-0.39, 0.29) is 5.56 Å². The number of para-hydroxylation sites is 1. The van der Waals surface area contributed by atoms with Crippen LogP contribution in [0.2, 0.25) is 0 Å². The summed E-state index contributed by atoms with van der Waals surface area (Å²) in [5.41, 5.74) is 0.792. The van der Waals surface area contributed by atoms with Crippen LogP contribution in [0.3, 0.4) is 0 Å². The van der Waals surface area contributed by atoms with Gasteiger partial charge in [-0.2, -0.15) is 5.26 Å². The number of nitrogens with one attached hydrogen (secondary N) is 1. The van der Waals surface area contributed by atoms with Gasteiger partial charge in [0.1, 0.15) is 5.75 Å². The van der Waals surface area contributed by atoms with Gasteiger partial charge in [-0.15, -0.1) is 0 Å². The SMILES string of the molecule is COc1cccc(C(=O)[C@H](C#N)C(=O)Nc2ccccc2)c1. The number of hydrogen-bond donors (Lipinski definition) is 1. The second-order valence-corrected chi connectivity index (χ2v) is 4.51. The minimum absolute atomic E-state index is 0.258. The summed E-state index contributed by atoms with van der Waals surface area (Å²) in [6.07, 6.45) is 0. The average molecular weight is 294 g/mol. The van der Waals surface area contributed by atoms with Crippen molar-refractivity contribution < 1.29 is 14.3 Å². The van der Waals surface area contributed by atoms with Crippen molar-refractivity contribution in [2.45, 2.75) is 0 Å². The number of benzene rings is 2. The zero-order valence-corrected chi connectivity index (χ0v) is 11.9. The highest BCUT2D eigenvalue weighted by Crippen LogP contribution is 2.17. The number of carbonyl (C=O) groups excluding carboxylic acids is 2. The van der Waals surface area contributed by atoms with Gasteiger partial charge in [0, 0.05) is 11.3 Å². The van der Waals surface area contributed by atoms with Gasteiger partial charge in [0.05, 0.1) is 13.2 Å². The number of nitriles is 1. The second-order valence-electron chi connectivity index (χ2n) is 4.51. The van der Waals surface area contributed by atoms with Crippen LogP contribution in [0.4, 0.5) is 5.69 Å². The van der Waals surface area contributed by atoms with Gasteiger partial charge in [0.2, 0.25) is 5.91 Å². The van der Waals surface area contributed by atoms with E-state index >= 15 is 0 Å². The molecule has 0 saturated carbocycles. The molecule has 1 N–H and O–H groups in total. The molecule has 5 nitrogen and oxygen atoms in total. The molecule has 2 aromatic carbocycles. The highest BCUT2D eigenvalue weighted by atomic mass is 16.5. The normalized spacial score (nSPS) is 11.1. The van der Waals surface area contributed by atoms with Crippen LogP contribution in [0.5, 0.6) is 5.75 Å². The zero-order valence-electron chi connectivity index (χ0n) is 11.9. The third-order valence-electron chi connectivity index (χ3n) is 3.05. The Morgan fingerprint density at radius 3 is 2.50 bits per heavy atom. The van der Waals surface area contributed by atoms with E-state index in [1.807, 2.05) is 0 Å². The maximum atomic E-state index is 12.3. The van der Waals surface area contributed by atoms with E-state index in [0.29, 0.717) is 11.4 Å². The summed E-state index contributed by atoms with van der Waals surface area (Å²) in [5, 5.41) is 11.7. The number of ether oxygens (including phenoxy) is 1. The van der Waals surface area contributed by atoms with Crippen LogP contribution in [-0.4, -0.2) is 18.8 Å². The Morgan fingerprint density at radius 2 is 1.86 bits per heavy atom. The van der Waals surface area contributed by atoms with Crippen molar-refractivity contribution in [2.24, 2.45) is 5.92 Å². The number of hydrogen-bond acceptors (Lipinski definition) is 4. The van der Waals surface area contributed by atoms with E-state index < -0.39 is 17.6 Å². The van der Waals surface area contributed by atoms with E-state index in [1.54, 1.807) is 54.6 Å². The molecule has 0 heterocycles. The molecule has 0 saturated heterocycles. The van der Waals surface area contributed by atoms with Gasteiger partial charge in [0.15, 0.2) is 11.7 Å². The number of amides is 1. The molecule has 0 fully saturated rings. The molecule has 0 aromatic heterocycles. The van der Waals surface area contributed by atoms with Crippen LogP contribution in [0.15, 0.2) is 54.6 Å². The highest BCUT2D eigenvalue weighted by Gasteiger charge is 2.27. The molecule has 5 heteroatoms. The van der Waals surface area contributed by atoms with Crippen LogP contribution in [0.1, 0.15) is 10.4 Å². The fourth-order valence-electron chi connectivity index (χ4n) is 1.92. The Labute approximate surface area is 128 Å². The van der Waals surface area contributed by atoms with Crippen LogP contribution in [0.25, 0.3) is 0 Å². The summed E-state index contributed by atoms with van der Waals surface area (Å²) in [5.74, 6) is -2.13. The molecule has 110 valence electrons. The average Bonchev–Trinajstić information content (AvgIpc) is 2.56. The number of rotatable bonds is 5. The molecule has 1 amide bonds. The third-order valence-corrected chi connectivity index (χ3v) is 3.05. The maximum Gasteiger partial charge on any atom is 0.249 e. The molecule has 0 aliphatic heterocycles. The number of ketones is 1. The van der Waals surface area contributed by atoms with Gasteiger partial charge in [-0.3, -0.25) is 9.59 Å². The van der Waals surface area contributed by atoms with Crippen molar-refractivity contribution in [3.05, 3.63) is 60.2 Å². The molecule has 2 rings (SSSR count). The van der Waals surface area contributed by atoms with Gasteiger partial charge in [-0.25, -0.2) is 0 Å². The van der Waals surface area contributed by atoms with Crippen LogP contribution >= 0.6 is 0 Å². The predicted octanol–water partition coefficient (Wildman–Crippen LogP) is 2.66. The summed E-state index contributed by atoms with van der Waals surface area (Å²) in [6.45, 7) is 0. The van der Waals surface area contributed by atoms with Gasteiger partial charge in [0.25, 0.3) is 0 Å². The molecule has 0 aliphatic rings. The molecule has 0 unspecified atom stereocenters. The van der Waals surface area contributed by atoms with Crippen LogP contribution in [0, 0.1) is 17.2 Å². The minimum Gasteiger partial charge on any atom is -0.497 e. The summed E-state index contributed by atoms with van der Waals surface area (Å²) in [4.78, 5) is 24.5. The lowest BCUT2D eigenvalue weighted by Gasteiger charge is -2.10. The van der Waals surface area contributed by atoms with Crippen molar-refractivity contribution in [1.29, 1.82) is 5.26 Å². The zero-order chi connectivity index (χ0) is 15.9. The summed E-state index contributed by atoms with van der Waals surface area (Å²) in [6, 6.07) is 16.8. The van der Waals surface area contributed by atoms with Crippen LogP contribution < -0.4 is 10.1 Å². The van der Waals surface area contributed by atoms with Gasteiger partial charge in [-0.1, -0.05) is 30.3 Å². The first kappa shape index (κ1) is 15.3. The second kappa shape index (κ2) is 7.04. The molecule has 0 bridgehead atoms. The quantitative estimate of drug-likeness (QED) is 0.679. The lowest BCUT2D eigenvalue weighted by Crippen LogP contribution is -2.28. The molecular weight excluding hydrogens is 280 g/mol. The van der Waals surface area contributed by atoms with Crippen molar-refractivity contribution in [1.82, 2.24) is 0 Å². The Morgan fingerprint density at radius 1 is 1.14 bits per heavy atom. The number of nitrogens with zero attached hydrogens (tertiary/aromatic N) is 1. The molecule has 0 radical (unpaired) electrons. The lowest BCUT2D eigenvalue weighted by molar-refractivity contribution is -0.117. The molecule has 0 aliphatic carbocycles. The number of methoxy groups -OCH3 is 1. The molecule has 0 spiro atoms. The Balaban J connectivity index is 2.18. The Bertz CT molecular complexity index is 720. The Kier molecular flexibility index (Phi) is 4.89. The molecule has 22 heavy (non-hydrogen) atoms. The van der Waals surface area contributed by atoms with E-state index in [9.17, 15) is 9.59 Å². The molecule has 1 atom stereocenters. The summed E-state index contributed by atoms with van der Waals surface area (Å²) < 4.78 is 5.04. The van der Waals surface area contributed by atoms with Crippen molar-refractivity contribution in [2.75, 3.05) is 12.4 Å². The Hall–Kier alpha value is -3.13. The fraction of sp³-hybridized carbons (Fsp3) is 0.118. The predicted molar refractivity (Wildman–Crippen MR) is 81.5 cm³/mol. The first-order chi connectivity index (χ1) is 10.7. The fourth-order valence-corrected chi connectivity index (χ4v) is 1.92. The largest absolute Gasteiger partial charge is 0.497 e. The van der Waals surface area contributed by atoms with Gasteiger partial charge in [-0.05, 0) is 24.3 Å².